The second kappa shape index (κ2) is 7.87. The number of benzene rings is 1. The average Bonchev–Trinajstić information content (AvgIpc) is 3.25. The van der Waals surface area contributed by atoms with Crippen molar-refractivity contribution in [3.63, 3.8) is 0 Å². The van der Waals surface area contributed by atoms with E-state index in [0.717, 1.165) is 24.2 Å². The van der Waals surface area contributed by atoms with Crippen LogP contribution < -0.4 is 0 Å². The Labute approximate surface area is 167 Å². The summed E-state index contributed by atoms with van der Waals surface area (Å²) in [5.74, 6) is -0.265. The van der Waals surface area contributed by atoms with Crippen molar-refractivity contribution >= 4 is 23.4 Å². The van der Waals surface area contributed by atoms with Gasteiger partial charge in [-0.15, -0.1) is 5.10 Å². The molecule has 2 amide bonds. The van der Waals surface area contributed by atoms with Gasteiger partial charge in [0.15, 0.2) is 0 Å². The highest BCUT2D eigenvalue weighted by atomic mass is 35.5. The Morgan fingerprint density at radius 3 is 2.86 bits per heavy atom. The van der Waals surface area contributed by atoms with E-state index >= 15 is 0 Å². The van der Waals surface area contributed by atoms with E-state index in [9.17, 15) is 14.0 Å². The fourth-order valence-electron chi connectivity index (χ4n) is 3.56. The molecular formula is C19H21ClFN5O2. The minimum atomic E-state index is -0.465. The molecule has 3 heterocycles. The number of amides is 2. The highest BCUT2D eigenvalue weighted by Crippen LogP contribution is 2.23. The highest BCUT2D eigenvalue weighted by molar-refractivity contribution is 6.30. The van der Waals surface area contributed by atoms with Crippen LogP contribution in [-0.4, -0.2) is 56.2 Å². The Bertz CT molecular complexity index is 896. The van der Waals surface area contributed by atoms with Crippen molar-refractivity contribution < 1.29 is 14.0 Å². The van der Waals surface area contributed by atoms with Crippen molar-refractivity contribution in [2.75, 3.05) is 19.6 Å². The molecule has 0 bridgehead atoms. The number of hydrogen-bond acceptors (Lipinski definition) is 4. The zero-order valence-corrected chi connectivity index (χ0v) is 16.1. The van der Waals surface area contributed by atoms with Crippen molar-refractivity contribution in [2.24, 2.45) is 0 Å². The third-order valence-electron chi connectivity index (χ3n) is 5.28. The van der Waals surface area contributed by atoms with Gasteiger partial charge in [0.25, 0.3) is 0 Å². The lowest BCUT2D eigenvalue weighted by atomic mass is 10.1. The first kappa shape index (κ1) is 18.9. The van der Waals surface area contributed by atoms with E-state index in [-0.39, 0.29) is 22.9 Å². The summed E-state index contributed by atoms with van der Waals surface area (Å²) in [4.78, 5) is 27.6. The SMILES string of the molecule is O=C1CCCN1Cc1cn(C2CN(C(=O)CCc3ccc(Cl)c(F)c3)C2)nn1. The van der Waals surface area contributed by atoms with Gasteiger partial charge in [0.05, 0.1) is 23.8 Å². The molecule has 0 spiro atoms. The molecule has 0 radical (unpaired) electrons. The van der Waals surface area contributed by atoms with E-state index in [1.165, 1.54) is 12.1 Å². The summed E-state index contributed by atoms with van der Waals surface area (Å²) < 4.78 is 15.2. The molecule has 28 heavy (non-hydrogen) atoms. The Hall–Kier alpha value is -2.48. The largest absolute Gasteiger partial charge is 0.338 e. The summed E-state index contributed by atoms with van der Waals surface area (Å²) in [5, 5.41) is 8.38. The number of nitrogens with zero attached hydrogens (tertiary/aromatic N) is 5. The summed E-state index contributed by atoms with van der Waals surface area (Å²) in [6.07, 6.45) is 4.17. The first-order chi connectivity index (χ1) is 13.5. The standard InChI is InChI=1S/C19H21ClFN5O2/c20-16-5-3-13(8-17(16)21)4-6-19(28)25-11-15(12-25)26-10-14(22-23-26)9-24-7-1-2-18(24)27/h3,5,8,10,15H,1-2,4,6-7,9,11-12H2. The number of carbonyl (C=O) groups is 2. The average molecular weight is 406 g/mol. The molecule has 2 aliphatic heterocycles. The number of aryl methyl sites for hydroxylation is 1. The van der Waals surface area contributed by atoms with E-state index in [0.29, 0.717) is 38.9 Å². The Balaban J connectivity index is 1.24. The van der Waals surface area contributed by atoms with E-state index < -0.39 is 5.82 Å². The fraction of sp³-hybridized carbons (Fsp3) is 0.474. The first-order valence-corrected chi connectivity index (χ1v) is 9.77. The number of hydrogen-bond donors (Lipinski definition) is 0. The van der Waals surface area contributed by atoms with Crippen LogP contribution in [0, 0.1) is 5.82 Å². The van der Waals surface area contributed by atoms with Gasteiger partial charge in [-0.2, -0.15) is 0 Å². The first-order valence-electron chi connectivity index (χ1n) is 9.40. The van der Waals surface area contributed by atoms with Crippen LogP contribution in [0.4, 0.5) is 4.39 Å². The van der Waals surface area contributed by atoms with Crippen LogP contribution in [-0.2, 0) is 22.6 Å². The number of carbonyl (C=O) groups excluding carboxylic acids is 2. The maximum absolute atomic E-state index is 13.5. The summed E-state index contributed by atoms with van der Waals surface area (Å²) in [6, 6.07) is 4.72. The third-order valence-corrected chi connectivity index (χ3v) is 5.59. The van der Waals surface area contributed by atoms with Crippen LogP contribution in [0.1, 0.15) is 36.6 Å². The Morgan fingerprint density at radius 1 is 1.32 bits per heavy atom. The third kappa shape index (κ3) is 4.01. The van der Waals surface area contributed by atoms with Gasteiger partial charge in [0, 0.05) is 32.5 Å². The van der Waals surface area contributed by atoms with Crippen LogP contribution in [0.3, 0.4) is 0 Å². The maximum Gasteiger partial charge on any atom is 0.223 e. The van der Waals surface area contributed by atoms with Crippen molar-refractivity contribution in [3.8, 4) is 0 Å². The molecular weight excluding hydrogens is 385 g/mol. The van der Waals surface area contributed by atoms with Crippen molar-refractivity contribution in [2.45, 2.75) is 38.3 Å². The molecule has 1 aromatic heterocycles. The van der Waals surface area contributed by atoms with Gasteiger partial charge in [-0.1, -0.05) is 22.9 Å². The lowest BCUT2D eigenvalue weighted by Crippen LogP contribution is -2.51. The molecule has 0 unspecified atom stereocenters. The van der Waals surface area contributed by atoms with Crippen LogP contribution in [0.2, 0.25) is 5.02 Å². The van der Waals surface area contributed by atoms with Gasteiger partial charge in [0.1, 0.15) is 11.5 Å². The number of rotatable bonds is 6. The Morgan fingerprint density at radius 2 is 2.14 bits per heavy atom. The summed E-state index contributed by atoms with van der Waals surface area (Å²) >= 11 is 5.67. The molecule has 2 fully saturated rings. The zero-order chi connectivity index (χ0) is 19.7. The molecule has 9 heteroatoms. The molecule has 2 aliphatic rings. The molecule has 0 N–H and O–H groups in total. The molecule has 2 aromatic rings. The fourth-order valence-corrected chi connectivity index (χ4v) is 3.68. The number of likely N-dealkylation sites (tertiary alicyclic amines) is 2. The van der Waals surface area contributed by atoms with Crippen molar-refractivity contribution in [1.29, 1.82) is 0 Å². The molecule has 2 saturated heterocycles. The Kier molecular flexibility index (Phi) is 5.30. The van der Waals surface area contributed by atoms with Crippen molar-refractivity contribution in [1.82, 2.24) is 24.8 Å². The predicted octanol–water partition coefficient (Wildman–Crippen LogP) is 2.21. The molecule has 148 valence electrons. The van der Waals surface area contributed by atoms with E-state index in [4.69, 9.17) is 11.6 Å². The van der Waals surface area contributed by atoms with Gasteiger partial charge in [-0.05, 0) is 30.5 Å². The summed E-state index contributed by atoms with van der Waals surface area (Å²) in [6.45, 7) is 2.43. The molecule has 0 atom stereocenters. The predicted molar refractivity (Wildman–Crippen MR) is 100 cm³/mol. The second-order valence-corrected chi connectivity index (χ2v) is 7.72. The van der Waals surface area contributed by atoms with Gasteiger partial charge in [-0.25, -0.2) is 9.07 Å². The summed E-state index contributed by atoms with van der Waals surface area (Å²) in [7, 11) is 0. The zero-order valence-electron chi connectivity index (χ0n) is 15.4. The monoisotopic (exact) mass is 405 g/mol. The van der Waals surface area contributed by atoms with E-state index in [2.05, 4.69) is 10.3 Å². The number of halogens is 2. The lowest BCUT2D eigenvalue weighted by molar-refractivity contribution is -0.137. The minimum Gasteiger partial charge on any atom is -0.338 e. The van der Waals surface area contributed by atoms with Gasteiger partial charge in [-0.3, -0.25) is 9.59 Å². The van der Waals surface area contributed by atoms with Gasteiger partial charge < -0.3 is 9.80 Å². The molecule has 0 saturated carbocycles. The molecule has 1 aromatic carbocycles. The van der Waals surface area contributed by atoms with Crippen LogP contribution in [0.15, 0.2) is 24.4 Å². The van der Waals surface area contributed by atoms with Gasteiger partial charge >= 0.3 is 0 Å². The molecule has 4 rings (SSSR count). The quantitative estimate of drug-likeness (QED) is 0.738. The van der Waals surface area contributed by atoms with Crippen molar-refractivity contribution in [3.05, 3.63) is 46.5 Å². The normalized spacial score (nSPS) is 17.3. The van der Waals surface area contributed by atoms with E-state index in [1.54, 1.807) is 20.5 Å². The molecule has 7 nitrogen and oxygen atoms in total. The number of aromatic nitrogens is 3. The van der Waals surface area contributed by atoms with Crippen LogP contribution >= 0.6 is 11.6 Å². The second-order valence-electron chi connectivity index (χ2n) is 7.31. The highest BCUT2D eigenvalue weighted by Gasteiger charge is 2.32. The molecule has 0 aliphatic carbocycles. The minimum absolute atomic E-state index is 0.0367. The lowest BCUT2D eigenvalue weighted by Gasteiger charge is -2.39. The van der Waals surface area contributed by atoms with Crippen LogP contribution in [0.25, 0.3) is 0 Å². The van der Waals surface area contributed by atoms with Crippen LogP contribution in [0.5, 0.6) is 0 Å². The topological polar surface area (TPSA) is 71.3 Å². The smallest absolute Gasteiger partial charge is 0.223 e. The summed E-state index contributed by atoms with van der Waals surface area (Å²) in [5.41, 5.74) is 1.52. The maximum atomic E-state index is 13.5. The van der Waals surface area contributed by atoms with E-state index in [1.807, 2.05) is 6.20 Å². The van der Waals surface area contributed by atoms with Gasteiger partial charge in [0.2, 0.25) is 11.8 Å².